The lowest BCUT2D eigenvalue weighted by molar-refractivity contribution is -0.115. The molecule has 0 radical (unpaired) electrons. The molecule has 0 bridgehead atoms. The summed E-state index contributed by atoms with van der Waals surface area (Å²) >= 11 is 0. The average molecular weight is 358 g/mol. The maximum Gasteiger partial charge on any atom is 0.241 e. The molecular weight excluding hydrogens is 336 g/mol. The van der Waals surface area contributed by atoms with E-state index in [1.165, 1.54) is 5.56 Å². The van der Waals surface area contributed by atoms with Gasteiger partial charge < -0.3 is 5.32 Å². The summed E-state index contributed by atoms with van der Waals surface area (Å²) in [6.07, 6.45) is 3.84. The van der Waals surface area contributed by atoms with Crippen LogP contribution < -0.4 is 10.0 Å². The molecule has 2 aromatic carbocycles. The number of sulfonamides is 1. The predicted molar refractivity (Wildman–Crippen MR) is 98.1 cm³/mol. The van der Waals surface area contributed by atoms with Crippen molar-refractivity contribution < 1.29 is 13.2 Å². The van der Waals surface area contributed by atoms with Crippen LogP contribution in [0, 0.1) is 0 Å². The van der Waals surface area contributed by atoms with E-state index in [-0.39, 0.29) is 11.4 Å². The highest BCUT2D eigenvalue weighted by molar-refractivity contribution is 7.89. The third kappa shape index (κ3) is 4.27. The van der Waals surface area contributed by atoms with Gasteiger partial charge in [0, 0.05) is 5.69 Å². The molecular formula is C19H22N2O3S. The first kappa shape index (κ1) is 17.6. The molecule has 1 aliphatic rings. The number of nitrogens with one attached hydrogen (secondary N) is 2. The van der Waals surface area contributed by atoms with Gasteiger partial charge in [0.25, 0.3) is 0 Å². The zero-order valence-corrected chi connectivity index (χ0v) is 15.0. The van der Waals surface area contributed by atoms with E-state index in [1.807, 2.05) is 31.2 Å². The predicted octanol–water partition coefficient (Wildman–Crippen LogP) is 2.65. The molecule has 6 heteroatoms. The number of anilines is 1. The molecule has 25 heavy (non-hydrogen) atoms. The Morgan fingerprint density at radius 1 is 1.08 bits per heavy atom. The van der Waals surface area contributed by atoms with Gasteiger partial charge in [-0.15, -0.1) is 0 Å². The third-order valence-electron chi connectivity index (χ3n) is 4.42. The highest BCUT2D eigenvalue weighted by atomic mass is 32.2. The van der Waals surface area contributed by atoms with Crippen molar-refractivity contribution in [3.63, 3.8) is 0 Å². The number of rotatable bonds is 6. The van der Waals surface area contributed by atoms with Gasteiger partial charge in [-0.1, -0.05) is 25.1 Å². The molecule has 5 nitrogen and oxygen atoms in total. The van der Waals surface area contributed by atoms with Crippen LogP contribution in [0.3, 0.4) is 0 Å². The quantitative estimate of drug-likeness (QED) is 0.834. The molecule has 2 aromatic rings. The number of hydrogen-bond donors (Lipinski definition) is 2. The molecule has 0 spiro atoms. The van der Waals surface area contributed by atoms with Crippen molar-refractivity contribution >= 4 is 21.6 Å². The molecule has 0 aliphatic heterocycles. The van der Waals surface area contributed by atoms with Gasteiger partial charge in [-0.2, -0.15) is 0 Å². The minimum Gasteiger partial charge on any atom is -0.325 e. The highest BCUT2D eigenvalue weighted by Crippen LogP contribution is 2.24. The number of carbonyl (C=O) groups is 1. The van der Waals surface area contributed by atoms with Crippen molar-refractivity contribution in [1.82, 2.24) is 4.72 Å². The van der Waals surface area contributed by atoms with Crippen LogP contribution in [0.25, 0.3) is 0 Å². The fourth-order valence-corrected chi connectivity index (χ4v) is 4.07. The summed E-state index contributed by atoms with van der Waals surface area (Å²) in [5, 5.41) is 2.72. The number of fused-ring (bicyclic) bond motifs is 1. The number of benzene rings is 2. The molecule has 0 heterocycles. The zero-order chi connectivity index (χ0) is 17.9. The van der Waals surface area contributed by atoms with Crippen molar-refractivity contribution in [2.24, 2.45) is 0 Å². The molecule has 1 aliphatic carbocycles. The van der Waals surface area contributed by atoms with Gasteiger partial charge in [-0.3, -0.25) is 4.79 Å². The fourth-order valence-electron chi connectivity index (χ4n) is 3.03. The summed E-state index contributed by atoms with van der Waals surface area (Å²) in [4.78, 5) is 12.3. The van der Waals surface area contributed by atoms with Crippen molar-refractivity contribution in [3.05, 3.63) is 59.2 Å². The van der Waals surface area contributed by atoms with Crippen molar-refractivity contribution in [2.45, 2.75) is 37.5 Å². The van der Waals surface area contributed by atoms with Gasteiger partial charge in [0.2, 0.25) is 15.9 Å². The van der Waals surface area contributed by atoms with E-state index < -0.39 is 15.9 Å². The minimum atomic E-state index is -3.69. The van der Waals surface area contributed by atoms with E-state index in [9.17, 15) is 13.2 Å². The normalized spacial score (nSPS) is 13.5. The largest absolute Gasteiger partial charge is 0.325 e. The van der Waals surface area contributed by atoms with Crippen LogP contribution in [-0.4, -0.2) is 20.9 Å². The van der Waals surface area contributed by atoms with E-state index in [1.54, 1.807) is 18.2 Å². The van der Waals surface area contributed by atoms with E-state index in [0.717, 1.165) is 36.8 Å². The van der Waals surface area contributed by atoms with Gasteiger partial charge in [-0.25, -0.2) is 13.1 Å². The number of carbonyl (C=O) groups excluding carboxylic acids is 1. The van der Waals surface area contributed by atoms with Gasteiger partial charge in [-0.05, 0) is 66.6 Å². The molecule has 0 atom stereocenters. The first-order valence-corrected chi connectivity index (χ1v) is 9.96. The molecule has 0 unspecified atom stereocenters. The van der Waals surface area contributed by atoms with Crippen LogP contribution in [0.5, 0.6) is 0 Å². The topological polar surface area (TPSA) is 75.3 Å². The number of amides is 1. The Labute approximate surface area is 148 Å². The molecule has 0 saturated heterocycles. The summed E-state index contributed by atoms with van der Waals surface area (Å²) in [5.41, 5.74) is 4.08. The van der Waals surface area contributed by atoms with E-state index in [2.05, 4.69) is 10.0 Å². The Morgan fingerprint density at radius 2 is 1.88 bits per heavy atom. The average Bonchev–Trinajstić information content (AvgIpc) is 3.08. The summed E-state index contributed by atoms with van der Waals surface area (Å²) in [7, 11) is -3.69. The second-order valence-corrected chi connectivity index (χ2v) is 7.98. The second-order valence-electron chi connectivity index (χ2n) is 6.21. The van der Waals surface area contributed by atoms with Gasteiger partial charge >= 0.3 is 0 Å². The van der Waals surface area contributed by atoms with E-state index in [4.69, 9.17) is 0 Å². The van der Waals surface area contributed by atoms with Gasteiger partial charge in [0.15, 0.2) is 0 Å². The number of aryl methyl sites for hydroxylation is 3. The molecule has 132 valence electrons. The van der Waals surface area contributed by atoms with E-state index in [0.29, 0.717) is 5.69 Å². The van der Waals surface area contributed by atoms with Crippen molar-refractivity contribution in [1.29, 1.82) is 0 Å². The monoisotopic (exact) mass is 358 g/mol. The highest BCUT2D eigenvalue weighted by Gasteiger charge is 2.19. The fraction of sp³-hybridized carbons (Fsp3) is 0.316. The van der Waals surface area contributed by atoms with Gasteiger partial charge in [0.05, 0.1) is 11.4 Å². The maximum absolute atomic E-state index is 12.4. The molecule has 1 amide bonds. The Hall–Kier alpha value is -2.18. The molecule has 0 fully saturated rings. The second kappa shape index (κ2) is 7.37. The standard InChI is InChI=1S/C19H22N2O3S/c1-2-14-5-3-8-17(11-14)21-19(22)13-20-25(23,24)18-10-9-15-6-4-7-16(15)12-18/h3,5,8-12,20H,2,4,6-7,13H2,1H3,(H,21,22). The summed E-state index contributed by atoms with van der Waals surface area (Å²) in [5.74, 6) is -0.391. The zero-order valence-electron chi connectivity index (χ0n) is 14.2. The molecule has 0 saturated carbocycles. The lowest BCUT2D eigenvalue weighted by Crippen LogP contribution is -2.33. The van der Waals surface area contributed by atoms with Crippen LogP contribution >= 0.6 is 0 Å². The summed E-state index contributed by atoms with van der Waals surface area (Å²) < 4.78 is 27.2. The Balaban J connectivity index is 1.62. The van der Waals surface area contributed by atoms with Crippen LogP contribution in [0.1, 0.15) is 30.0 Å². The number of hydrogen-bond acceptors (Lipinski definition) is 3. The third-order valence-corrected chi connectivity index (χ3v) is 5.82. The summed E-state index contributed by atoms with van der Waals surface area (Å²) in [6, 6.07) is 12.7. The maximum atomic E-state index is 12.4. The van der Waals surface area contributed by atoms with Crippen LogP contribution in [0.15, 0.2) is 47.4 Å². The minimum absolute atomic E-state index is 0.217. The van der Waals surface area contributed by atoms with Crippen molar-refractivity contribution in [3.8, 4) is 0 Å². The first-order chi connectivity index (χ1) is 12.0. The summed E-state index contributed by atoms with van der Waals surface area (Å²) in [6.45, 7) is 1.74. The molecule has 0 aromatic heterocycles. The van der Waals surface area contributed by atoms with Crippen LogP contribution in [0.4, 0.5) is 5.69 Å². The lowest BCUT2D eigenvalue weighted by Gasteiger charge is -2.10. The Bertz CT molecular complexity index is 891. The van der Waals surface area contributed by atoms with Crippen molar-refractivity contribution in [2.75, 3.05) is 11.9 Å². The SMILES string of the molecule is CCc1cccc(NC(=O)CNS(=O)(=O)c2ccc3c(c2)CCC3)c1. The van der Waals surface area contributed by atoms with E-state index >= 15 is 0 Å². The van der Waals surface area contributed by atoms with Crippen LogP contribution in [0.2, 0.25) is 0 Å². The molecule has 2 N–H and O–H groups in total. The lowest BCUT2D eigenvalue weighted by atomic mass is 10.1. The Morgan fingerprint density at radius 3 is 2.68 bits per heavy atom. The smallest absolute Gasteiger partial charge is 0.241 e. The van der Waals surface area contributed by atoms with Crippen LogP contribution in [-0.2, 0) is 34.1 Å². The first-order valence-electron chi connectivity index (χ1n) is 8.48. The van der Waals surface area contributed by atoms with Gasteiger partial charge in [0.1, 0.15) is 0 Å². The molecule has 3 rings (SSSR count). The Kier molecular flexibility index (Phi) is 5.20.